The van der Waals surface area contributed by atoms with Crippen LogP contribution in [-0.2, 0) is 6.42 Å². The number of aliphatic hydroxyl groups is 1. The van der Waals surface area contributed by atoms with E-state index >= 15 is 0 Å². The highest BCUT2D eigenvalue weighted by atomic mass is 16.5. The SMILES string of the molecule is COc1ccc([C@@H]2Cc3cc(O)ccc3[C@H]3CC[C@]4(C)[C@@H](O)CC[C@H]4[C@@H]32)cc1. The Kier molecular flexibility index (Phi) is 4.20. The zero-order valence-corrected chi connectivity index (χ0v) is 16.8. The Morgan fingerprint density at radius 2 is 1.79 bits per heavy atom. The molecule has 3 aliphatic rings. The Balaban J connectivity index is 1.62. The fourth-order valence-corrected chi connectivity index (χ4v) is 6.79. The first-order valence-electron chi connectivity index (χ1n) is 10.6. The molecule has 6 atom stereocenters. The molecule has 2 N–H and O–H groups in total. The van der Waals surface area contributed by atoms with Gasteiger partial charge < -0.3 is 14.9 Å². The number of aromatic hydroxyl groups is 1. The van der Waals surface area contributed by atoms with E-state index in [1.165, 1.54) is 16.7 Å². The summed E-state index contributed by atoms with van der Waals surface area (Å²) in [5.74, 6) is 3.28. The highest BCUT2D eigenvalue weighted by molar-refractivity contribution is 5.44. The number of phenolic OH excluding ortho intramolecular Hbond substituents is 1. The fraction of sp³-hybridized carbons (Fsp3) is 0.520. The summed E-state index contributed by atoms with van der Waals surface area (Å²) < 4.78 is 5.37. The van der Waals surface area contributed by atoms with Crippen LogP contribution >= 0.6 is 0 Å². The van der Waals surface area contributed by atoms with Gasteiger partial charge in [-0.2, -0.15) is 0 Å². The second kappa shape index (κ2) is 6.52. The highest BCUT2D eigenvalue weighted by Crippen LogP contribution is 2.63. The van der Waals surface area contributed by atoms with Gasteiger partial charge in [-0.25, -0.2) is 0 Å². The van der Waals surface area contributed by atoms with Crippen molar-refractivity contribution in [1.82, 2.24) is 0 Å². The van der Waals surface area contributed by atoms with Gasteiger partial charge in [0.25, 0.3) is 0 Å². The second-order valence-corrected chi connectivity index (χ2v) is 9.39. The molecule has 2 fully saturated rings. The summed E-state index contributed by atoms with van der Waals surface area (Å²) >= 11 is 0. The lowest BCUT2D eigenvalue weighted by Crippen LogP contribution is -2.46. The van der Waals surface area contributed by atoms with Gasteiger partial charge >= 0.3 is 0 Å². The minimum absolute atomic E-state index is 0.0420. The first-order chi connectivity index (χ1) is 13.5. The summed E-state index contributed by atoms with van der Waals surface area (Å²) in [6, 6.07) is 14.5. The molecule has 0 heterocycles. The molecule has 2 aromatic carbocycles. The lowest BCUT2D eigenvalue weighted by Gasteiger charge is -2.53. The lowest BCUT2D eigenvalue weighted by atomic mass is 9.51. The number of phenols is 1. The predicted molar refractivity (Wildman–Crippen MR) is 110 cm³/mol. The van der Waals surface area contributed by atoms with Crippen molar-refractivity contribution in [2.75, 3.05) is 7.11 Å². The molecule has 0 unspecified atom stereocenters. The Morgan fingerprint density at radius 1 is 1.00 bits per heavy atom. The molecule has 5 rings (SSSR count). The van der Waals surface area contributed by atoms with Crippen LogP contribution in [-0.4, -0.2) is 23.4 Å². The standard InChI is InChI=1S/C25H30O3/c1-25-12-11-20-19-8-5-17(26)13-16(19)14-21(15-3-6-18(28-2)7-4-15)24(20)22(25)9-10-23(25)27/h3-8,13,20-24,26-27H,9-12,14H2,1-2H3/t20-,21+,22+,23+,24+,25+/m1/s1. The minimum Gasteiger partial charge on any atom is -0.508 e. The third kappa shape index (κ3) is 2.59. The number of fused-ring (bicyclic) bond motifs is 5. The van der Waals surface area contributed by atoms with Crippen LogP contribution in [0.3, 0.4) is 0 Å². The van der Waals surface area contributed by atoms with E-state index in [1.54, 1.807) is 7.11 Å². The van der Waals surface area contributed by atoms with Gasteiger partial charge in [-0.15, -0.1) is 0 Å². The van der Waals surface area contributed by atoms with Crippen molar-refractivity contribution >= 4 is 0 Å². The van der Waals surface area contributed by atoms with E-state index in [1.807, 2.05) is 12.1 Å². The summed E-state index contributed by atoms with van der Waals surface area (Å²) in [6.07, 6.45) is 5.06. The quantitative estimate of drug-likeness (QED) is 0.772. The summed E-state index contributed by atoms with van der Waals surface area (Å²) in [5, 5.41) is 20.9. The van der Waals surface area contributed by atoms with Crippen molar-refractivity contribution < 1.29 is 14.9 Å². The third-order valence-corrected chi connectivity index (χ3v) is 8.26. The molecule has 0 spiro atoms. The van der Waals surface area contributed by atoms with Crippen molar-refractivity contribution in [2.24, 2.45) is 17.3 Å². The first kappa shape index (κ1) is 18.1. The molecule has 0 bridgehead atoms. The van der Waals surface area contributed by atoms with E-state index in [2.05, 4.69) is 37.3 Å². The van der Waals surface area contributed by atoms with Crippen molar-refractivity contribution in [3.8, 4) is 11.5 Å². The van der Waals surface area contributed by atoms with Crippen LogP contribution in [0.1, 0.15) is 61.1 Å². The monoisotopic (exact) mass is 378 g/mol. The fourth-order valence-electron chi connectivity index (χ4n) is 6.79. The number of hydrogen-bond acceptors (Lipinski definition) is 3. The van der Waals surface area contributed by atoms with E-state index in [0.29, 0.717) is 29.4 Å². The molecule has 0 radical (unpaired) electrons. The Morgan fingerprint density at radius 3 is 2.54 bits per heavy atom. The summed E-state index contributed by atoms with van der Waals surface area (Å²) in [7, 11) is 1.71. The molecule has 0 aromatic heterocycles. The Bertz CT molecular complexity index is 874. The molecule has 3 nitrogen and oxygen atoms in total. The number of hydrogen-bond donors (Lipinski definition) is 2. The maximum Gasteiger partial charge on any atom is 0.118 e. The summed E-state index contributed by atoms with van der Waals surface area (Å²) in [5.41, 5.74) is 4.12. The van der Waals surface area contributed by atoms with Gasteiger partial charge in [0.2, 0.25) is 0 Å². The van der Waals surface area contributed by atoms with E-state index in [4.69, 9.17) is 4.74 Å². The molecule has 0 amide bonds. The topological polar surface area (TPSA) is 49.7 Å². The molecule has 0 aliphatic heterocycles. The van der Waals surface area contributed by atoms with Crippen LogP contribution in [0.4, 0.5) is 0 Å². The van der Waals surface area contributed by atoms with Gasteiger partial charge in [0.1, 0.15) is 11.5 Å². The van der Waals surface area contributed by atoms with Crippen LogP contribution < -0.4 is 4.74 Å². The number of aliphatic hydroxyl groups excluding tert-OH is 1. The molecule has 3 aliphatic carbocycles. The maximum absolute atomic E-state index is 10.8. The average Bonchev–Trinajstić information content (AvgIpc) is 3.02. The second-order valence-electron chi connectivity index (χ2n) is 9.39. The number of benzene rings is 2. The Labute approximate surface area is 167 Å². The van der Waals surface area contributed by atoms with Crippen LogP contribution in [0.5, 0.6) is 11.5 Å². The van der Waals surface area contributed by atoms with Crippen molar-refractivity contribution in [3.05, 3.63) is 59.2 Å². The van der Waals surface area contributed by atoms with Crippen LogP contribution in [0, 0.1) is 17.3 Å². The van der Waals surface area contributed by atoms with E-state index < -0.39 is 0 Å². The average molecular weight is 379 g/mol. The van der Waals surface area contributed by atoms with E-state index in [-0.39, 0.29) is 11.5 Å². The molecule has 3 heteroatoms. The molecule has 28 heavy (non-hydrogen) atoms. The van der Waals surface area contributed by atoms with E-state index in [0.717, 1.165) is 37.9 Å². The third-order valence-electron chi connectivity index (χ3n) is 8.26. The molecule has 2 aromatic rings. The van der Waals surface area contributed by atoms with Crippen molar-refractivity contribution in [1.29, 1.82) is 0 Å². The van der Waals surface area contributed by atoms with Gasteiger partial charge in [0.15, 0.2) is 0 Å². The normalized spacial score (nSPS) is 36.3. The zero-order chi connectivity index (χ0) is 19.5. The maximum atomic E-state index is 10.8. The van der Waals surface area contributed by atoms with Gasteiger partial charge in [0, 0.05) is 0 Å². The van der Waals surface area contributed by atoms with Crippen LogP contribution in [0.2, 0.25) is 0 Å². The van der Waals surface area contributed by atoms with Crippen LogP contribution in [0.25, 0.3) is 0 Å². The largest absolute Gasteiger partial charge is 0.508 e. The predicted octanol–water partition coefficient (Wildman–Crippen LogP) is 5.01. The zero-order valence-electron chi connectivity index (χ0n) is 16.8. The molecular formula is C25H30O3. The number of methoxy groups -OCH3 is 1. The van der Waals surface area contributed by atoms with Crippen molar-refractivity contribution in [2.45, 2.75) is 57.0 Å². The van der Waals surface area contributed by atoms with Gasteiger partial charge in [0.05, 0.1) is 13.2 Å². The first-order valence-corrected chi connectivity index (χ1v) is 10.6. The van der Waals surface area contributed by atoms with E-state index in [9.17, 15) is 10.2 Å². The molecular weight excluding hydrogens is 348 g/mol. The smallest absolute Gasteiger partial charge is 0.118 e. The highest BCUT2D eigenvalue weighted by Gasteiger charge is 2.56. The summed E-state index contributed by atoms with van der Waals surface area (Å²) in [6.45, 7) is 2.32. The number of rotatable bonds is 2. The Hall–Kier alpha value is -2.00. The van der Waals surface area contributed by atoms with Gasteiger partial charge in [-0.05, 0) is 102 Å². The minimum atomic E-state index is -0.170. The molecule has 148 valence electrons. The summed E-state index contributed by atoms with van der Waals surface area (Å²) in [4.78, 5) is 0. The lowest BCUT2D eigenvalue weighted by molar-refractivity contribution is -0.0282. The van der Waals surface area contributed by atoms with Crippen molar-refractivity contribution in [3.63, 3.8) is 0 Å². The van der Waals surface area contributed by atoms with Gasteiger partial charge in [-0.1, -0.05) is 25.1 Å². The molecule has 0 saturated heterocycles. The van der Waals surface area contributed by atoms with Crippen LogP contribution in [0.15, 0.2) is 42.5 Å². The molecule has 2 saturated carbocycles. The van der Waals surface area contributed by atoms with Gasteiger partial charge in [-0.3, -0.25) is 0 Å². The number of ether oxygens (including phenoxy) is 1.